The van der Waals surface area contributed by atoms with Crippen molar-refractivity contribution in [3.8, 4) is 23.0 Å². The van der Waals surface area contributed by atoms with Gasteiger partial charge >= 0.3 is 13.8 Å². The maximum atomic E-state index is 12.8. The first-order valence-electron chi connectivity index (χ1n) is 10.3. The van der Waals surface area contributed by atoms with Gasteiger partial charge in [0.05, 0.1) is 18.8 Å². The van der Waals surface area contributed by atoms with E-state index in [0.717, 1.165) is 0 Å². The minimum Gasteiger partial charge on any atom is -0.497 e. The molecule has 33 heavy (non-hydrogen) atoms. The number of rotatable bonds is 5. The van der Waals surface area contributed by atoms with Crippen LogP contribution in [0.2, 0.25) is 0 Å². The van der Waals surface area contributed by atoms with Gasteiger partial charge in [0.25, 0.3) is 0 Å². The molecule has 0 bridgehead atoms. The Hall–Kier alpha value is -3.32. The highest BCUT2D eigenvalue weighted by Crippen LogP contribution is 2.57. The van der Waals surface area contributed by atoms with Crippen LogP contribution in [0, 0.1) is 0 Å². The van der Waals surface area contributed by atoms with E-state index in [-0.39, 0.29) is 5.75 Å². The summed E-state index contributed by atoms with van der Waals surface area (Å²) in [5.74, 6) is 0.907. The Kier molecular flexibility index (Phi) is 4.97. The van der Waals surface area contributed by atoms with E-state index in [1.54, 1.807) is 57.4 Å². The van der Waals surface area contributed by atoms with Crippen LogP contribution in [0.15, 0.2) is 60.7 Å². The third-order valence-corrected chi connectivity index (χ3v) is 6.59. The fourth-order valence-electron chi connectivity index (χ4n) is 4.24. The molecule has 0 saturated heterocycles. The molecule has 0 amide bonds. The Morgan fingerprint density at radius 3 is 2.24 bits per heavy atom. The first-order valence-corrected chi connectivity index (χ1v) is 11.8. The summed E-state index contributed by atoms with van der Waals surface area (Å²) in [6, 6.07) is 17.1. The average molecular weight is 468 g/mol. The largest absolute Gasteiger partial charge is 0.527 e. The monoisotopic (exact) mass is 468 g/mol. The molecule has 0 radical (unpaired) electrons. The minimum absolute atomic E-state index is 0.0688. The van der Waals surface area contributed by atoms with E-state index >= 15 is 0 Å². The van der Waals surface area contributed by atoms with Crippen LogP contribution in [-0.2, 0) is 19.4 Å². The van der Waals surface area contributed by atoms with Gasteiger partial charge in [0.15, 0.2) is 5.60 Å². The Bertz CT molecular complexity index is 1320. The molecule has 0 aliphatic carbocycles. The van der Waals surface area contributed by atoms with Crippen molar-refractivity contribution in [3.05, 3.63) is 82.9 Å². The maximum Gasteiger partial charge on any atom is 0.527 e. The van der Waals surface area contributed by atoms with Crippen LogP contribution in [0.25, 0.3) is 0 Å². The van der Waals surface area contributed by atoms with E-state index in [1.807, 2.05) is 12.1 Å². The number of phosphoric ester groups is 1. The van der Waals surface area contributed by atoms with E-state index in [0.29, 0.717) is 39.5 Å². The summed E-state index contributed by atoms with van der Waals surface area (Å²) in [7, 11) is -2.80. The number of hydrogen-bond donors (Lipinski definition) is 1. The van der Waals surface area contributed by atoms with Crippen LogP contribution in [-0.4, -0.2) is 24.1 Å². The number of carbonyl (C=O) groups excluding carboxylic acids is 1. The quantitative estimate of drug-likeness (QED) is 0.405. The van der Waals surface area contributed by atoms with Crippen molar-refractivity contribution >= 4 is 13.8 Å². The zero-order valence-electron chi connectivity index (χ0n) is 18.1. The van der Waals surface area contributed by atoms with Gasteiger partial charge in [0.1, 0.15) is 23.0 Å². The van der Waals surface area contributed by atoms with Gasteiger partial charge in [-0.3, -0.25) is 9.42 Å². The number of benzene rings is 3. The number of esters is 1. The second-order valence-corrected chi connectivity index (χ2v) is 9.28. The number of carbonyl (C=O) groups is 1. The van der Waals surface area contributed by atoms with Crippen molar-refractivity contribution < 1.29 is 37.5 Å². The number of ether oxygens (including phenoxy) is 3. The van der Waals surface area contributed by atoms with Crippen molar-refractivity contribution in [3.63, 3.8) is 0 Å². The summed E-state index contributed by atoms with van der Waals surface area (Å²) in [6.07, 6.45) is -0.508. The van der Waals surface area contributed by atoms with Crippen LogP contribution < -0.4 is 14.0 Å². The van der Waals surface area contributed by atoms with E-state index in [9.17, 15) is 14.3 Å². The lowest BCUT2D eigenvalue weighted by molar-refractivity contribution is 0.0224. The summed E-state index contributed by atoms with van der Waals surface area (Å²) < 4.78 is 40.0. The Morgan fingerprint density at radius 1 is 0.939 bits per heavy atom. The molecule has 3 aromatic carbocycles. The summed E-state index contributed by atoms with van der Waals surface area (Å²) in [6.45, 7) is 3.25. The minimum atomic E-state index is -4.34. The number of hydrogen-bond acceptors (Lipinski definition) is 7. The fourth-order valence-corrected chi connectivity index (χ4v) is 5.20. The van der Waals surface area contributed by atoms with Crippen molar-refractivity contribution in [1.82, 2.24) is 0 Å². The third-order valence-electron chi connectivity index (χ3n) is 5.46. The molecule has 3 aromatic rings. The highest BCUT2D eigenvalue weighted by Gasteiger charge is 2.53. The van der Waals surface area contributed by atoms with E-state index < -0.39 is 25.5 Å². The third kappa shape index (κ3) is 3.47. The van der Waals surface area contributed by atoms with Gasteiger partial charge in [0.2, 0.25) is 0 Å². The van der Waals surface area contributed by atoms with Gasteiger partial charge in [0, 0.05) is 28.8 Å². The van der Waals surface area contributed by atoms with Crippen LogP contribution in [0.3, 0.4) is 0 Å². The van der Waals surface area contributed by atoms with Crippen molar-refractivity contribution in [2.45, 2.75) is 25.6 Å². The van der Waals surface area contributed by atoms with Gasteiger partial charge in [-0.05, 0) is 44.2 Å². The molecule has 170 valence electrons. The van der Waals surface area contributed by atoms with Gasteiger partial charge in [-0.2, -0.15) is 0 Å². The van der Waals surface area contributed by atoms with Gasteiger partial charge in [-0.1, -0.05) is 18.2 Å². The van der Waals surface area contributed by atoms with Gasteiger partial charge in [-0.25, -0.2) is 9.36 Å². The standard InChI is InChI=1S/C24H21O8P/c1-14(2)31-33(26,27)32-16-9-11-20-22(13-16)29-21-12-15(28-3)8-10-19(21)24(20)18-7-5-4-6-17(18)23(25)30-24/h4-14H,1-3H3,(H,26,27). The first kappa shape index (κ1) is 21.5. The number of phosphoric acid groups is 1. The molecule has 2 heterocycles. The predicted molar refractivity (Wildman–Crippen MR) is 118 cm³/mol. The second kappa shape index (κ2) is 7.63. The van der Waals surface area contributed by atoms with Crippen LogP contribution in [0.4, 0.5) is 0 Å². The summed E-state index contributed by atoms with van der Waals surface area (Å²) in [5, 5.41) is 0. The Balaban J connectivity index is 1.69. The van der Waals surface area contributed by atoms with E-state index in [1.165, 1.54) is 12.1 Å². The smallest absolute Gasteiger partial charge is 0.497 e. The molecular formula is C24H21O8P. The molecule has 2 aliphatic rings. The topological polar surface area (TPSA) is 101 Å². The molecule has 8 nitrogen and oxygen atoms in total. The molecule has 0 saturated carbocycles. The Morgan fingerprint density at radius 2 is 1.58 bits per heavy atom. The van der Waals surface area contributed by atoms with Gasteiger partial charge < -0.3 is 18.7 Å². The zero-order chi connectivity index (χ0) is 23.4. The van der Waals surface area contributed by atoms with E-state index in [2.05, 4.69) is 0 Å². The zero-order valence-corrected chi connectivity index (χ0v) is 19.0. The van der Waals surface area contributed by atoms with Crippen molar-refractivity contribution in [2.75, 3.05) is 7.11 Å². The molecule has 2 aliphatic heterocycles. The fraction of sp³-hybridized carbons (Fsp3) is 0.208. The highest BCUT2D eigenvalue weighted by atomic mass is 31.2. The maximum absolute atomic E-state index is 12.8. The molecule has 1 spiro atoms. The molecular weight excluding hydrogens is 447 g/mol. The molecule has 0 aromatic heterocycles. The van der Waals surface area contributed by atoms with Crippen LogP contribution >= 0.6 is 7.82 Å². The van der Waals surface area contributed by atoms with Crippen LogP contribution in [0.5, 0.6) is 23.0 Å². The Labute approximate surface area is 190 Å². The number of methoxy groups -OCH3 is 1. The normalized spacial score (nSPS) is 19.7. The summed E-state index contributed by atoms with van der Waals surface area (Å²) in [5.41, 5.74) is 1.08. The van der Waals surface area contributed by atoms with Gasteiger partial charge in [-0.15, -0.1) is 0 Å². The SMILES string of the molecule is COc1ccc2c(c1)Oc1cc(OP(=O)(O)OC(C)C)ccc1C21OC(=O)c2ccccc21. The lowest BCUT2D eigenvalue weighted by atomic mass is 9.77. The second-order valence-electron chi connectivity index (χ2n) is 7.95. The first-order chi connectivity index (χ1) is 15.7. The van der Waals surface area contributed by atoms with Crippen molar-refractivity contribution in [2.24, 2.45) is 0 Å². The highest BCUT2D eigenvalue weighted by molar-refractivity contribution is 7.47. The van der Waals surface area contributed by atoms with Crippen molar-refractivity contribution in [1.29, 1.82) is 0 Å². The van der Waals surface area contributed by atoms with Crippen LogP contribution in [0.1, 0.15) is 40.9 Å². The average Bonchev–Trinajstić information content (AvgIpc) is 3.05. The molecule has 5 rings (SSSR count). The lowest BCUT2D eigenvalue weighted by Gasteiger charge is -2.36. The molecule has 9 heteroatoms. The lowest BCUT2D eigenvalue weighted by Crippen LogP contribution is -2.33. The molecule has 2 unspecified atom stereocenters. The predicted octanol–water partition coefficient (Wildman–Crippen LogP) is 5.17. The van der Waals surface area contributed by atoms with E-state index in [4.69, 9.17) is 23.3 Å². The number of fused-ring (bicyclic) bond motifs is 6. The summed E-state index contributed by atoms with van der Waals surface area (Å²) >= 11 is 0. The molecule has 0 fully saturated rings. The summed E-state index contributed by atoms with van der Waals surface area (Å²) in [4.78, 5) is 22.9. The molecule has 2 atom stereocenters. The molecule has 1 N–H and O–H groups in total.